The molecule has 0 unspecified atom stereocenters. The molecule has 1 aliphatic rings. The second kappa shape index (κ2) is 6.49. The van der Waals surface area contributed by atoms with E-state index in [-0.39, 0.29) is 5.91 Å². The third-order valence-electron chi connectivity index (χ3n) is 4.01. The van der Waals surface area contributed by atoms with Gasteiger partial charge in [-0.05, 0) is 36.6 Å². The molecule has 0 bridgehead atoms. The van der Waals surface area contributed by atoms with Crippen molar-refractivity contribution in [1.29, 1.82) is 0 Å². The molecule has 2 heterocycles. The Morgan fingerprint density at radius 3 is 2.40 bits per heavy atom. The Morgan fingerprint density at radius 1 is 0.960 bits per heavy atom. The average molecular weight is 344 g/mol. The van der Waals surface area contributed by atoms with E-state index in [4.69, 9.17) is 0 Å². The van der Waals surface area contributed by atoms with Gasteiger partial charge in [0, 0.05) is 10.4 Å². The van der Waals surface area contributed by atoms with E-state index in [0.717, 1.165) is 16.1 Å². The third kappa shape index (κ3) is 3.04. The monoisotopic (exact) mass is 344 g/mol. The van der Waals surface area contributed by atoms with Gasteiger partial charge in [-0.15, -0.1) is 11.3 Å². The first-order valence-corrected chi connectivity index (χ1v) is 8.91. The molecule has 0 aliphatic carbocycles. The van der Waals surface area contributed by atoms with Gasteiger partial charge in [0.1, 0.15) is 11.5 Å². The summed E-state index contributed by atoms with van der Waals surface area (Å²) in [5, 5.41) is 1.99. The Hall–Kier alpha value is -2.98. The van der Waals surface area contributed by atoms with E-state index < -0.39 is 0 Å². The van der Waals surface area contributed by atoms with Crippen molar-refractivity contribution in [3.8, 4) is 0 Å². The van der Waals surface area contributed by atoms with Crippen molar-refractivity contribution >= 4 is 34.8 Å². The number of benzene rings is 2. The number of aryl methyl sites for hydroxylation is 1. The van der Waals surface area contributed by atoms with Crippen molar-refractivity contribution < 1.29 is 4.79 Å². The lowest BCUT2D eigenvalue weighted by atomic mass is 10.1. The molecule has 0 spiro atoms. The molecule has 1 amide bonds. The molecule has 0 saturated heterocycles. The summed E-state index contributed by atoms with van der Waals surface area (Å²) in [6, 6.07) is 21.7. The summed E-state index contributed by atoms with van der Waals surface area (Å²) in [4.78, 5) is 20.4. The van der Waals surface area contributed by atoms with E-state index in [9.17, 15) is 4.79 Å². The number of hydrogen-bond acceptors (Lipinski definition) is 3. The molecule has 0 saturated carbocycles. The molecule has 0 atom stereocenters. The summed E-state index contributed by atoms with van der Waals surface area (Å²) >= 11 is 1.59. The van der Waals surface area contributed by atoms with Crippen LogP contribution in [-0.2, 0) is 4.79 Å². The van der Waals surface area contributed by atoms with Crippen LogP contribution in [0.3, 0.4) is 0 Å². The van der Waals surface area contributed by atoms with E-state index >= 15 is 0 Å². The fourth-order valence-electron chi connectivity index (χ4n) is 2.74. The van der Waals surface area contributed by atoms with Crippen molar-refractivity contribution in [1.82, 2.24) is 0 Å². The maximum Gasteiger partial charge on any atom is 0.282 e. The highest BCUT2D eigenvalue weighted by Crippen LogP contribution is 2.28. The van der Waals surface area contributed by atoms with Gasteiger partial charge < -0.3 is 0 Å². The van der Waals surface area contributed by atoms with Crippen molar-refractivity contribution in [2.45, 2.75) is 6.92 Å². The number of nitrogens with zero attached hydrogens (tertiary/aromatic N) is 2. The Kier molecular flexibility index (Phi) is 4.04. The van der Waals surface area contributed by atoms with Gasteiger partial charge in [0.25, 0.3) is 5.91 Å². The molecular weight excluding hydrogens is 328 g/mol. The molecular formula is C21H16N2OS. The van der Waals surface area contributed by atoms with Crippen LogP contribution in [0.1, 0.15) is 16.0 Å². The maximum atomic E-state index is 13.0. The molecule has 3 nitrogen and oxygen atoms in total. The zero-order valence-electron chi connectivity index (χ0n) is 13.7. The summed E-state index contributed by atoms with van der Waals surface area (Å²) in [5.41, 5.74) is 3.38. The predicted molar refractivity (Wildman–Crippen MR) is 104 cm³/mol. The summed E-state index contributed by atoms with van der Waals surface area (Å²) in [6.07, 6.45) is 1.85. The van der Waals surface area contributed by atoms with Crippen LogP contribution in [0, 0.1) is 6.92 Å². The van der Waals surface area contributed by atoms with Crippen LogP contribution in [0.2, 0.25) is 0 Å². The summed E-state index contributed by atoms with van der Waals surface area (Å²) in [6.45, 7) is 2.04. The van der Waals surface area contributed by atoms with Crippen molar-refractivity contribution in [2.24, 2.45) is 4.99 Å². The summed E-state index contributed by atoms with van der Waals surface area (Å²) in [5.74, 6) is 0.564. The minimum absolute atomic E-state index is 0.102. The zero-order valence-corrected chi connectivity index (χ0v) is 14.5. The van der Waals surface area contributed by atoms with Gasteiger partial charge in [0.15, 0.2) is 0 Å². The summed E-state index contributed by atoms with van der Waals surface area (Å²) < 4.78 is 0. The van der Waals surface area contributed by atoms with Crippen LogP contribution >= 0.6 is 11.3 Å². The largest absolute Gasteiger partial charge is 0.282 e. The number of thiophene rings is 1. The fraction of sp³-hybridized carbons (Fsp3) is 0.0476. The average Bonchev–Trinajstić information content (AvgIpc) is 3.25. The number of amidine groups is 1. The zero-order chi connectivity index (χ0) is 17.2. The Morgan fingerprint density at radius 2 is 1.72 bits per heavy atom. The first kappa shape index (κ1) is 15.5. The number of carbonyl (C=O) groups excluding carboxylic acids is 1. The van der Waals surface area contributed by atoms with Gasteiger partial charge in [0.05, 0.1) is 5.69 Å². The molecule has 0 N–H and O–H groups in total. The SMILES string of the molecule is Cc1ccc(C2=N/C(=C/c3cccs3)C(=O)N2c2ccccc2)cc1. The highest BCUT2D eigenvalue weighted by Gasteiger charge is 2.32. The van der Waals surface area contributed by atoms with Gasteiger partial charge in [-0.3, -0.25) is 9.69 Å². The second-order valence-electron chi connectivity index (χ2n) is 5.82. The number of hydrogen-bond donors (Lipinski definition) is 0. The standard InChI is InChI=1S/C21H16N2OS/c1-15-9-11-16(12-10-15)20-22-19(14-18-8-5-13-25-18)21(24)23(20)17-6-3-2-4-7-17/h2-14H,1H3/b19-14+. The van der Waals surface area contributed by atoms with Crippen LogP contribution < -0.4 is 4.90 Å². The smallest absolute Gasteiger partial charge is 0.266 e. The van der Waals surface area contributed by atoms with E-state index in [2.05, 4.69) is 4.99 Å². The van der Waals surface area contributed by atoms with Gasteiger partial charge in [-0.25, -0.2) is 4.99 Å². The molecule has 1 aromatic heterocycles. The molecule has 0 fully saturated rings. The number of aliphatic imine (C=N–C) groups is 1. The third-order valence-corrected chi connectivity index (χ3v) is 4.83. The molecule has 0 radical (unpaired) electrons. The minimum atomic E-state index is -0.102. The molecule has 1 aliphatic heterocycles. The highest BCUT2D eigenvalue weighted by molar-refractivity contribution is 7.10. The highest BCUT2D eigenvalue weighted by atomic mass is 32.1. The second-order valence-corrected chi connectivity index (χ2v) is 6.80. The van der Waals surface area contributed by atoms with Crippen LogP contribution in [0.5, 0.6) is 0 Å². The first-order chi connectivity index (χ1) is 12.2. The van der Waals surface area contributed by atoms with Gasteiger partial charge in [-0.2, -0.15) is 0 Å². The topological polar surface area (TPSA) is 32.7 Å². The van der Waals surface area contributed by atoms with E-state index in [1.807, 2.05) is 85.1 Å². The maximum absolute atomic E-state index is 13.0. The van der Waals surface area contributed by atoms with E-state index in [1.165, 1.54) is 5.56 Å². The van der Waals surface area contributed by atoms with Crippen LogP contribution in [0.4, 0.5) is 5.69 Å². The Bertz CT molecular complexity index is 955. The Labute approximate surface area is 150 Å². The fourth-order valence-corrected chi connectivity index (χ4v) is 3.39. The van der Waals surface area contributed by atoms with Crippen molar-refractivity contribution in [3.05, 3.63) is 93.8 Å². The molecule has 2 aromatic carbocycles. The van der Waals surface area contributed by atoms with Crippen LogP contribution in [-0.4, -0.2) is 11.7 Å². The minimum Gasteiger partial charge on any atom is -0.266 e. The molecule has 4 heteroatoms. The first-order valence-electron chi connectivity index (χ1n) is 8.03. The quantitative estimate of drug-likeness (QED) is 0.623. The number of amides is 1. The lowest BCUT2D eigenvalue weighted by molar-refractivity contribution is -0.113. The van der Waals surface area contributed by atoms with Gasteiger partial charge in [0.2, 0.25) is 0 Å². The van der Waals surface area contributed by atoms with E-state index in [1.54, 1.807) is 16.2 Å². The number of anilines is 1. The molecule has 122 valence electrons. The van der Waals surface area contributed by atoms with Gasteiger partial charge >= 0.3 is 0 Å². The predicted octanol–water partition coefficient (Wildman–Crippen LogP) is 4.89. The van der Waals surface area contributed by atoms with Gasteiger partial charge in [-0.1, -0.05) is 54.1 Å². The number of carbonyl (C=O) groups is 1. The molecule has 25 heavy (non-hydrogen) atoms. The molecule has 4 rings (SSSR count). The van der Waals surface area contributed by atoms with Crippen molar-refractivity contribution in [2.75, 3.05) is 4.90 Å². The lowest BCUT2D eigenvalue weighted by Crippen LogP contribution is -2.32. The van der Waals surface area contributed by atoms with Crippen LogP contribution in [0.25, 0.3) is 6.08 Å². The lowest BCUT2D eigenvalue weighted by Gasteiger charge is -2.18. The van der Waals surface area contributed by atoms with Crippen molar-refractivity contribution in [3.63, 3.8) is 0 Å². The van der Waals surface area contributed by atoms with Crippen LogP contribution in [0.15, 0.2) is 82.8 Å². The Balaban J connectivity index is 1.83. The molecule has 3 aromatic rings. The number of rotatable bonds is 3. The number of para-hydroxylation sites is 1. The summed E-state index contributed by atoms with van der Waals surface area (Å²) in [7, 11) is 0. The normalized spacial score (nSPS) is 15.7. The van der Waals surface area contributed by atoms with E-state index in [0.29, 0.717) is 11.5 Å².